The van der Waals surface area contributed by atoms with E-state index in [2.05, 4.69) is 0 Å². The molecule has 0 aliphatic carbocycles. The Morgan fingerprint density at radius 2 is 1.78 bits per heavy atom. The number of fused-ring (bicyclic) bond motifs is 2. The second-order valence-corrected chi connectivity index (χ2v) is 6.61. The van der Waals surface area contributed by atoms with Crippen LogP contribution in [0.5, 0.6) is 5.75 Å². The highest BCUT2D eigenvalue weighted by atomic mass is 16.5. The molecule has 0 bridgehead atoms. The summed E-state index contributed by atoms with van der Waals surface area (Å²) in [5.41, 5.74) is 1.73. The van der Waals surface area contributed by atoms with Crippen LogP contribution in [-0.4, -0.2) is 42.1 Å². The van der Waals surface area contributed by atoms with Crippen LogP contribution in [0.2, 0.25) is 0 Å². The number of anilines is 2. The predicted molar refractivity (Wildman–Crippen MR) is 98.1 cm³/mol. The van der Waals surface area contributed by atoms with Gasteiger partial charge in [-0.3, -0.25) is 19.3 Å². The Morgan fingerprint density at radius 3 is 2.52 bits per heavy atom. The molecule has 0 radical (unpaired) electrons. The molecule has 138 valence electrons. The van der Waals surface area contributed by atoms with E-state index in [4.69, 9.17) is 4.74 Å². The predicted octanol–water partition coefficient (Wildman–Crippen LogP) is 2.02. The Kier molecular flexibility index (Phi) is 4.07. The van der Waals surface area contributed by atoms with Crippen molar-refractivity contribution >= 4 is 29.2 Å². The highest BCUT2D eigenvalue weighted by molar-refractivity contribution is 6.08. The number of benzene rings is 2. The maximum atomic E-state index is 13.0. The molecule has 2 aromatic rings. The van der Waals surface area contributed by atoms with E-state index >= 15 is 0 Å². The average molecular weight is 366 g/mol. The van der Waals surface area contributed by atoms with Crippen molar-refractivity contribution in [3.05, 3.63) is 54.1 Å². The number of amides is 2. The van der Waals surface area contributed by atoms with Gasteiger partial charge in [-0.2, -0.15) is 0 Å². The third kappa shape index (κ3) is 2.81. The smallest absolute Gasteiger partial charge is 0.312 e. The minimum atomic E-state index is -0.973. The number of aliphatic carboxylic acids is 1. The highest BCUT2D eigenvalue weighted by Gasteiger charge is 2.39. The summed E-state index contributed by atoms with van der Waals surface area (Å²) in [7, 11) is 0. The number of rotatable bonds is 3. The van der Waals surface area contributed by atoms with E-state index < -0.39 is 18.0 Å². The molecular weight excluding hydrogens is 348 g/mol. The van der Waals surface area contributed by atoms with Crippen LogP contribution in [0.25, 0.3) is 0 Å². The van der Waals surface area contributed by atoms with Crippen molar-refractivity contribution < 1.29 is 24.2 Å². The first-order valence-corrected chi connectivity index (χ1v) is 8.66. The molecule has 4 rings (SSSR count). The second-order valence-electron chi connectivity index (χ2n) is 6.61. The molecule has 2 aliphatic heterocycles. The van der Waals surface area contributed by atoms with Crippen LogP contribution in [0.15, 0.2) is 48.5 Å². The summed E-state index contributed by atoms with van der Waals surface area (Å²) in [6.45, 7) is 1.52. The lowest BCUT2D eigenvalue weighted by molar-refractivity contribution is -0.138. The standard InChI is InChI=1S/C20H18N2O5/c1-12-19(24)22(16-8-4-5-9-17(16)27-12)11-18(23)21-10-14(20(25)26)13-6-2-3-7-15(13)21/h2-9,12,14H,10-11H2,1H3,(H,25,26). The lowest BCUT2D eigenvalue weighted by Crippen LogP contribution is -2.49. The van der Waals surface area contributed by atoms with Crippen LogP contribution in [0.3, 0.4) is 0 Å². The molecule has 2 amide bonds. The van der Waals surface area contributed by atoms with E-state index in [1.807, 2.05) is 0 Å². The van der Waals surface area contributed by atoms with Crippen molar-refractivity contribution in [2.75, 3.05) is 22.9 Å². The van der Waals surface area contributed by atoms with E-state index in [0.29, 0.717) is 22.7 Å². The maximum absolute atomic E-state index is 13.0. The summed E-state index contributed by atoms with van der Waals surface area (Å²) in [5, 5.41) is 9.47. The fourth-order valence-electron chi connectivity index (χ4n) is 3.60. The SMILES string of the molecule is CC1Oc2ccccc2N(CC(=O)N2CC(C(=O)O)c3ccccc32)C1=O. The van der Waals surface area contributed by atoms with Gasteiger partial charge >= 0.3 is 5.97 Å². The number of carboxylic acids is 1. The molecule has 7 nitrogen and oxygen atoms in total. The van der Waals surface area contributed by atoms with Crippen molar-refractivity contribution in [2.24, 2.45) is 0 Å². The van der Waals surface area contributed by atoms with Gasteiger partial charge in [0.15, 0.2) is 6.10 Å². The van der Waals surface area contributed by atoms with Gasteiger partial charge in [0.2, 0.25) is 5.91 Å². The summed E-state index contributed by atoms with van der Waals surface area (Å²) in [6, 6.07) is 14.0. The average Bonchev–Trinajstić information content (AvgIpc) is 3.05. The zero-order chi connectivity index (χ0) is 19.1. The Hall–Kier alpha value is -3.35. The van der Waals surface area contributed by atoms with Crippen LogP contribution in [0.4, 0.5) is 11.4 Å². The second kappa shape index (κ2) is 6.42. The van der Waals surface area contributed by atoms with Crippen LogP contribution < -0.4 is 14.5 Å². The Balaban J connectivity index is 1.63. The molecule has 0 aromatic heterocycles. The number of carboxylic acid groups (broad SMARTS) is 1. The van der Waals surface area contributed by atoms with Gasteiger partial charge in [-0.25, -0.2) is 0 Å². The summed E-state index contributed by atoms with van der Waals surface area (Å²) in [6.07, 6.45) is -0.690. The Morgan fingerprint density at radius 1 is 1.11 bits per heavy atom. The lowest BCUT2D eigenvalue weighted by atomic mass is 10.0. The zero-order valence-electron chi connectivity index (χ0n) is 14.7. The fraction of sp³-hybridized carbons (Fsp3) is 0.250. The zero-order valence-corrected chi connectivity index (χ0v) is 14.7. The van der Waals surface area contributed by atoms with Crippen LogP contribution in [-0.2, 0) is 14.4 Å². The number of para-hydroxylation sites is 3. The first kappa shape index (κ1) is 17.1. The third-order valence-corrected chi connectivity index (χ3v) is 4.93. The quantitative estimate of drug-likeness (QED) is 0.898. The van der Waals surface area contributed by atoms with Gasteiger partial charge in [0.1, 0.15) is 18.2 Å². The third-order valence-electron chi connectivity index (χ3n) is 4.93. The van der Waals surface area contributed by atoms with E-state index in [1.54, 1.807) is 55.5 Å². The number of hydrogen-bond donors (Lipinski definition) is 1. The summed E-state index contributed by atoms with van der Waals surface area (Å²) in [5.74, 6) is -1.83. The first-order valence-electron chi connectivity index (χ1n) is 8.66. The molecule has 0 fully saturated rings. The van der Waals surface area contributed by atoms with Gasteiger partial charge in [0, 0.05) is 12.2 Å². The van der Waals surface area contributed by atoms with Gasteiger partial charge in [-0.15, -0.1) is 0 Å². The fourth-order valence-corrected chi connectivity index (χ4v) is 3.60. The van der Waals surface area contributed by atoms with E-state index in [9.17, 15) is 19.5 Å². The van der Waals surface area contributed by atoms with Crippen molar-refractivity contribution in [3.8, 4) is 5.75 Å². The van der Waals surface area contributed by atoms with Gasteiger partial charge in [-0.05, 0) is 30.7 Å². The highest BCUT2D eigenvalue weighted by Crippen LogP contribution is 2.37. The molecule has 2 atom stereocenters. The number of carbonyl (C=O) groups is 3. The van der Waals surface area contributed by atoms with E-state index in [1.165, 1.54) is 9.80 Å². The molecule has 27 heavy (non-hydrogen) atoms. The van der Waals surface area contributed by atoms with Crippen molar-refractivity contribution in [1.82, 2.24) is 0 Å². The number of nitrogens with zero attached hydrogens (tertiary/aromatic N) is 2. The molecule has 0 saturated heterocycles. The van der Waals surface area contributed by atoms with Gasteiger partial charge in [0.25, 0.3) is 5.91 Å². The number of ether oxygens (including phenoxy) is 1. The molecular formula is C20H18N2O5. The summed E-state index contributed by atoms with van der Waals surface area (Å²) in [4.78, 5) is 40.0. The van der Waals surface area contributed by atoms with Crippen LogP contribution in [0.1, 0.15) is 18.4 Å². The molecule has 2 heterocycles. The summed E-state index contributed by atoms with van der Waals surface area (Å²) < 4.78 is 5.59. The van der Waals surface area contributed by atoms with Gasteiger partial charge < -0.3 is 14.7 Å². The minimum absolute atomic E-state index is 0.0588. The van der Waals surface area contributed by atoms with Crippen molar-refractivity contribution in [3.63, 3.8) is 0 Å². The molecule has 7 heteroatoms. The van der Waals surface area contributed by atoms with Crippen LogP contribution >= 0.6 is 0 Å². The summed E-state index contributed by atoms with van der Waals surface area (Å²) >= 11 is 0. The molecule has 2 aromatic carbocycles. The minimum Gasteiger partial charge on any atom is -0.481 e. The van der Waals surface area contributed by atoms with E-state index in [-0.39, 0.29) is 24.9 Å². The largest absolute Gasteiger partial charge is 0.481 e. The monoisotopic (exact) mass is 366 g/mol. The molecule has 2 unspecified atom stereocenters. The van der Waals surface area contributed by atoms with Gasteiger partial charge in [-0.1, -0.05) is 30.3 Å². The lowest BCUT2D eigenvalue weighted by Gasteiger charge is -2.33. The first-order chi connectivity index (χ1) is 13.0. The Bertz CT molecular complexity index is 941. The van der Waals surface area contributed by atoms with Crippen molar-refractivity contribution in [2.45, 2.75) is 18.9 Å². The molecule has 2 aliphatic rings. The molecule has 1 N–H and O–H groups in total. The van der Waals surface area contributed by atoms with Crippen molar-refractivity contribution in [1.29, 1.82) is 0 Å². The number of carbonyl (C=O) groups excluding carboxylic acids is 2. The molecule has 0 spiro atoms. The molecule has 0 saturated carbocycles. The van der Waals surface area contributed by atoms with E-state index in [0.717, 1.165) is 0 Å². The van der Waals surface area contributed by atoms with Crippen LogP contribution in [0, 0.1) is 0 Å². The maximum Gasteiger partial charge on any atom is 0.312 e. The number of hydrogen-bond acceptors (Lipinski definition) is 4. The Labute approximate surface area is 155 Å². The van der Waals surface area contributed by atoms with Gasteiger partial charge in [0.05, 0.1) is 5.69 Å². The normalized spacial score (nSPS) is 20.7. The topological polar surface area (TPSA) is 87.2 Å².